The van der Waals surface area contributed by atoms with Crippen molar-refractivity contribution < 1.29 is 19.5 Å². The van der Waals surface area contributed by atoms with Gasteiger partial charge in [0.15, 0.2) is 5.69 Å². The van der Waals surface area contributed by atoms with Crippen molar-refractivity contribution in [2.45, 2.75) is 26.4 Å². The SMILES string of the molecule is CCn1cc(NC(=O)Cn2cc(C(=O)O)cn2)c(C(=O)NCCc2ccccc2)n1. The molecule has 0 saturated heterocycles. The molecule has 2 amide bonds. The Balaban J connectivity index is 1.62. The van der Waals surface area contributed by atoms with Gasteiger partial charge in [0.05, 0.1) is 17.4 Å². The Kier molecular flexibility index (Phi) is 6.58. The molecule has 0 spiro atoms. The summed E-state index contributed by atoms with van der Waals surface area (Å²) in [6.07, 6.45) is 4.68. The summed E-state index contributed by atoms with van der Waals surface area (Å²) >= 11 is 0. The van der Waals surface area contributed by atoms with Crippen molar-refractivity contribution >= 4 is 23.5 Å². The van der Waals surface area contributed by atoms with Crippen molar-refractivity contribution in [3.63, 3.8) is 0 Å². The normalized spacial score (nSPS) is 10.6. The lowest BCUT2D eigenvalue weighted by molar-refractivity contribution is -0.116. The van der Waals surface area contributed by atoms with E-state index in [0.29, 0.717) is 19.5 Å². The molecule has 0 aliphatic carbocycles. The van der Waals surface area contributed by atoms with Crippen molar-refractivity contribution in [3.8, 4) is 0 Å². The number of nitrogens with zero attached hydrogens (tertiary/aromatic N) is 4. The Hall–Kier alpha value is -3.95. The Labute approximate surface area is 172 Å². The quantitative estimate of drug-likeness (QED) is 0.489. The first-order valence-corrected chi connectivity index (χ1v) is 9.41. The third kappa shape index (κ3) is 5.31. The molecular weight excluding hydrogens is 388 g/mol. The molecule has 3 rings (SSSR count). The highest BCUT2D eigenvalue weighted by Crippen LogP contribution is 2.14. The molecule has 0 fully saturated rings. The van der Waals surface area contributed by atoms with Crippen LogP contribution >= 0.6 is 0 Å². The molecule has 2 heterocycles. The van der Waals surface area contributed by atoms with Gasteiger partial charge in [0, 0.05) is 25.5 Å². The summed E-state index contributed by atoms with van der Waals surface area (Å²) in [5.41, 5.74) is 1.49. The monoisotopic (exact) mass is 410 g/mol. The molecule has 0 bridgehead atoms. The minimum absolute atomic E-state index is 0.0138. The molecule has 1 aromatic carbocycles. The number of amides is 2. The number of anilines is 1. The second-order valence-corrected chi connectivity index (χ2v) is 6.52. The molecule has 30 heavy (non-hydrogen) atoms. The zero-order chi connectivity index (χ0) is 21.5. The molecule has 156 valence electrons. The number of benzene rings is 1. The van der Waals surface area contributed by atoms with E-state index in [1.54, 1.807) is 10.9 Å². The van der Waals surface area contributed by atoms with E-state index in [2.05, 4.69) is 20.8 Å². The zero-order valence-electron chi connectivity index (χ0n) is 16.4. The predicted molar refractivity (Wildman–Crippen MR) is 108 cm³/mol. The molecule has 0 radical (unpaired) electrons. The molecule has 3 aromatic rings. The first-order valence-electron chi connectivity index (χ1n) is 9.41. The maximum atomic E-state index is 12.6. The van der Waals surface area contributed by atoms with Crippen LogP contribution in [0.5, 0.6) is 0 Å². The molecule has 3 N–H and O–H groups in total. The van der Waals surface area contributed by atoms with E-state index >= 15 is 0 Å². The molecule has 0 atom stereocenters. The average molecular weight is 410 g/mol. The van der Waals surface area contributed by atoms with Gasteiger partial charge in [0.2, 0.25) is 5.91 Å². The second kappa shape index (κ2) is 9.50. The molecule has 0 saturated carbocycles. The number of carboxylic acid groups (broad SMARTS) is 1. The lowest BCUT2D eigenvalue weighted by Gasteiger charge is -2.07. The van der Waals surface area contributed by atoms with Gasteiger partial charge in [-0.3, -0.25) is 19.0 Å². The van der Waals surface area contributed by atoms with Crippen molar-refractivity contribution in [2.24, 2.45) is 0 Å². The number of aromatic nitrogens is 4. The number of aryl methyl sites for hydroxylation is 1. The Morgan fingerprint density at radius 3 is 2.53 bits per heavy atom. The van der Waals surface area contributed by atoms with Crippen molar-refractivity contribution in [3.05, 3.63) is 65.7 Å². The average Bonchev–Trinajstić information content (AvgIpc) is 3.36. The fourth-order valence-electron chi connectivity index (χ4n) is 2.79. The minimum atomic E-state index is -1.12. The van der Waals surface area contributed by atoms with Gasteiger partial charge in [-0.25, -0.2) is 4.79 Å². The van der Waals surface area contributed by atoms with Gasteiger partial charge in [0.1, 0.15) is 6.54 Å². The van der Waals surface area contributed by atoms with Gasteiger partial charge in [-0.1, -0.05) is 30.3 Å². The van der Waals surface area contributed by atoms with Crippen LogP contribution in [0.15, 0.2) is 48.9 Å². The van der Waals surface area contributed by atoms with Crippen LogP contribution in [-0.2, 0) is 24.3 Å². The van der Waals surface area contributed by atoms with Gasteiger partial charge >= 0.3 is 5.97 Å². The van der Waals surface area contributed by atoms with Crippen molar-refractivity contribution in [1.82, 2.24) is 24.9 Å². The van der Waals surface area contributed by atoms with Crippen LogP contribution in [0.2, 0.25) is 0 Å². The molecule has 0 aliphatic heterocycles. The fraction of sp³-hybridized carbons (Fsp3) is 0.250. The van der Waals surface area contributed by atoms with Gasteiger partial charge in [-0.05, 0) is 18.9 Å². The number of carbonyl (C=O) groups is 3. The van der Waals surface area contributed by atoms with Crippen LogP contribution in [0.3, 0.4) is 0 Å². The van der Waals surface area contributed by atoms with Crippen LogP contribution in [0.1, 0.15) is 33.3 Å². The number of aromatic carboxylic acids is 1. The van der Waals surface area contributed by atoms with E-state index in [0.717, 1.165) is 11.8 Å². The highest BCUT2D eigenvalue weighted by molar-refractivity contribution is 6.02. The summed E-state index contributed by atoms with van der Waals surface area (Å²) in [6, 6.07) is 9.77. The van der Waals surface area contributed by atoms with Gasteiger partial charge in [-0.15, -0.1) is 0 Å². The third-order valence-corrected chi connectivity index (χ3v) is 4.30. The highest BCUT2D eigenvalue weighted by Gasteiger charge is 2.19. The molecule has 0 aliphatic rings. The number of carbonyl (C=O) groups excluding carboxylic acids is 2. The number of carboxylic acids is 1. The maximum Gasteiger partial charge on any atom is 0.338 e. The Morgan fingerprint density at radius 1 is 1.10 bits per heavy atom. The molecular formula is C20H22N6O4. The smallest absolute Gasteiger partial charge is 0.338 e. The third-order valence-electron chi connectivity index (χ3n) is 4.30. The maximum absolute atomic E-state index is 12.6. The first kappa shape index (κ1) is 20.8. The van der Waals surface area contributed by atoms with Gasteiger partial charge in [-0.2, -0.15) is 10.2 Å². The van der Waals surface area contributed by atoms with Crippen LogP contribution in [0.25, 0.3) is 0 Å². The summed E-state index contributed by atoms with van der Waals surface area (Å²) in [6.45, 7) is 2.63. The Bertz CT molecular complexity index is 1040. The summed E-state index contributed by atoms with van der Waals surface area (Å²) in [4.78, 5) is 35.8. The second-order valence-electron chi connectivity index (χ2n) is 6.52. The standard InChI is InChI=1S/C20H22N6O4/c1-2-25-12-16(23-17(27)13-26-11-15(10-22-26)20(29)30)18(24-25)19(28)21-9-8-14-6-4-3-5-7-14/h3-7,10-12H,2,8-9,13H2,1H3,(H,21,28)(H,23,27)(H,29,30). The van der Waals surface area contributed by atoms with E-state index in [-0.39, 0.29) is 29.4 Å². The fourth-order valence-corrected chi connectivity index (χ4v) is 2.79. The number of rotatable bonds is 9. The first-order chi connectivity index (χ1) is 14.5. The minimum Gasteiger partial charge on any atom is -0.478 e. The lowest BCUT2D eigenvalue weighted by Crippen LogP contribution is -2.28. The highest BCUT2D eigenvalue weighted by atomic mass is 16.4. The lowest BCUT2D eigenvalue weighted by atomic mass is 10.1. The molecule has 2 aromatic heterocycles. The van der Waals surface area contributed by atoms with Crippen LogP contribution in [-0.4, -0.2) is 49.0 Å². The number of hydrogen-bond donors (Lipinski definition) is 3. The van der Waals surface area contributed by atoms with E-state index in [4.69, 9.17) is 5.11 Å². The largest absolute Gasteiger partial charge is 0.478 e. The van der Waals surface area contributed by atoms with Crippen molar-refractivity contribution in [2.75, 3.05) is 11.9 Å². The molecule has 0 unspecified atom stereocenters. The van der Waals surface area contributed by atoms with Crippen LogP contribution in [0, 0.1) is 0 Å². The van der Waals surface area contributed by atoms with E-state index < -0.39 is 11.9 Å². The number of hydrogen-bond acceptors (Lipinski definition) is 5. The van der Waals surface area contributed by atoms with Crippen molar-refractivity contribution in [1.29, 1.82) is 0 Å². The topological polar surface area (TPSA) is 131 Å². The summed E-state index contributed by atoms with van der Waals surface area (Å²) < 4.78 is 2.76. The molecule has 10 nitrogen and oxygen atoms in total. The Morgan fingerprint density at radius 2 is 1.87 bits per heavy atom. The molecule has 10 heteroatoms. The van der Waals surface area contributed by atoms with Crippen LogP contribution < -0.4 is 10.6 Å². The van der Waals surface area contributed by atoms with Gasteiger partial charge < -0.3 is 15.7 Å². The number of nitrogens with one attached hydrogen (secondary N) is 2. The zero-order valence-corrected chi connectivity index (χ0v) is 16.4. The summed E-state index contributed by atoms with van der Waals surface area (Å²) in [7, 11) is 0. The summed E-state index contributed by atoms with van der Waals surface area (Å²) in [5.74, 6) is -1.97. The van der Waals surface area contributed by atoms with E-state index in [1.165, 1.54) is 10.9 Å². The van der Waals surface area contributed by atoms with E-state index in [9.17, 15) is 14.4 Å². The predicted octanol–water partition coefficient (Wildman–Crippen LogP) is 1.41. The van der Waals surface area contributed by atoms with Gasteiger partial charge in [0.25, 0.3) is 5.91 Å². The summed E-state index contributed by atoms with van der Waals surface area (Å²) in [5, 5.41) is 22.5. The van der Waals surface area contributed by atoms with E-state index in [1.807, 2.05) is 37.3 Å². The van der Waals surface area contributed by atoms with Crippen LogP contribution in [0.4, 0.5) is 5.69 Å².